The molecule has 0 unspecified atom stereocenters. The Balaban J connectivity index is 2.57. The van der Waals surface area contributed by atoms with E-state index in [1.165, 1.54) is 0 Å². The molecule has 0 saturated carbocycles. The Morgan fingerprint density at radius 1 is 1.43 bits per heavy atom. The maximum Gasteiger partial charge on any atom is 0.167 e. The van der Waals surface area contributed by atoms with E-state index in [0.29, 0.717) is 5.92 Å². The number of aryl methyl sites for hydroxylation is 1. The van der Waals surface area contributed by atoms with Crippen LogP contribution in [0.1, 0.15) is 51.3 Å². The molecule has 0 fully saturated rings. The molecule has 1 aromatic rings. The van der Waals surface area contributed by atoms with Crippen LogP contribution in [0, 0.1) is 5.92 Å². The molecule has 1 rings (SSSR count). The number of hydrogen-bond acceptors (Lipinski definition) is 3. The van der Waals surface area contributed by atoms with Crippen LogP contribution >= 0.6 is 0 Å². The molecule has 4 nitrogen and oxygen atoms in total. The van der Waals surface area contributed by atoms with E-state index in [1.807, 2.05) is 0 Å². The van der Waals surface area contributed by atoms with Crippen LogP contribution < -0.4 is 5.73 Å². The van der Waals surface area contributed by atoms with Crippen molar-refractivity contribution >= 4 is 0 Å². The van der Waals surface area contributed by atoms with Gasteiger partial charge in [-0.2, -0.15) is 5.10 Å². The van der Waals surface area contributed by atoms with Crippen LogP contribution in [0.3, 0.4) is 0 Å². The molecule has 0 saturated heterocycles. The fraction of sp³-hybridized carbons (Fsp3) is 0.800. The SMILES string of the molecule is CCCc1nc([C@H](N)CC(C)C)n[nH]1. The third-order valence-corrected chi connectivity index (χ3v) is 2.09. The topological polar surface area (TPSA) is 67.6 Å². The first-order chi connectivity index (χ1) is 6.63. The minimum atomic E-state index is -0.0307. The fourth-order valence-electron chi connectivity index (χ4n) is 1.44. The van der Waals surface area contributed by atoms with Gasteiger partial charge in [-0.25, -0.2) is 4.98 Å². The van der Waals surface area contributed by atoms with Gasteiger partial charge in [-0.3, -0.25) is 5.10 Å². The van der Waals surface area contributed by atoms with Crippen molar-refractivity contribution in [3.8, 4) is 0 Å². The van der Waals surface area contributed by atoms with Crippen molar-refractivity contribution in [3.63, 3.8) is 0 Å². The molecule has 80 valence electrons. The Morgan fingerprint density at radius 2 is 2.14 bits per heavy atom. The Labute approximate surface area is 85.3 Å². The normalized spacial score (nSPS) is 13.5. The smallest absolute Gasteiger partial charge is 0.167 e. The van der Waals surface area contributed by atoms with Crippen LogP contribution in [0.5, 0.6) is 0 Å². The van der Waals surface area contributed by atoms with Crippen LogP contribution in [0.2, 0.25) is 0 Å². The highest BCUT2D eigenvalue weighted by molar-refractivity contribution is 4.96. The fourth-order valence-corrected chi connectivity index (χ4v) is 1.44. The number of hydrogen-bond donors (Lipinski definition) is 2. The van der Waals surface area contributed by atoms with E-state index >= 15 is 0 Å². The van der Waals surface area contributed by atoms with Gasteiger partial charge in [0.05, 0.1) is 6.04 Å². The van der Waals surface area contributed by atoms with Crippen LogP contribution in [0.15, 0.2) is 0 Å². The van der Waals surface area contributed by atoms with Gasteiger partial charge in [-0.05, 0) is 18.8 Å². The highest BCUT2D eigenvalue weighted by Crippen LogP contribution is 2.14. The summed E-state index contributed by atoms with van der Waals surface area (Å²) in [4.78, 5) is 4.36. The van der Waals surface area contributed by atoms with Gasteiger partial charge in [0.1, 0.15) is 5.82 Å². The van der Waals surface area contributed by atoms with Crippen molar-refractivity contribution in [3.05, 3.63) is 11.6 Å². The summed E-state index contributed by atoms with van der Waals surface area (Å²) in [6.45, 7) is 6.43. The predicted molar refractivity (Wildman–Crippen MR) is 56.8 cm³/mol. The summed E-state index contributed by atoms with van der Waals surface area (Å²) in [7, 11) is 0. The van der Waals surface area contributed by atoms with Gasteiger partial charge in [0.2, 0.25) is 0 Å². The van der Waals surface area contributed by atoms with Gasteiger partial charge in [0.15, 0.2) is 5.82 Å². The van der Waals surface area contributed by atoms with Crippen LogP contribution in [-0.2, 0) is 6.42 Å². The maximum absolute atomic E-state index is 5.96. The Bertz CT molecular complexity index is 267. The third kappa shape index (κ3) is 3.10. The molecule has 0 spiro atoms. The zero-order chi connectivity index (χ0) is 10.6. The summed E-state index contributed by atoms with van der Waals surface area (Å²) in [5, 5.41) is 7.05. The van der Waals surface area contributed by atoms with Gasteiger partial charge in [0, 0.05) is 6.42 Å². The lowest BCUT2D eigenvalue weighted by Crippen LogP contribution is -2.14. The van der Waals surface area contributed by atoms with Gasteiger partial charge in [-0.1, -0.05) is 20.8 Å². The second-order valence-electron chi connectivity index (χ2n) is 4.13. The van der Waals surface area contributed by atoms with Crippen molar-refractivity contribution in [1.29, 1.82) is 0 Å². The number of aromatic amines is 1. The Hall–Kier alpha value is -0.900. The van der Waals surface area contributed by atoms with E-state index < -0.39 is 0 Å². The van der Waals surface area contributed by atoms with Crippen LogP contribution in [0.25, 0.3) is 0 Å². The predicted octanol–water partition coefficient (Wildman–Crippen LogP) is 1.80. The number of nitrogens with one attached hydrogen (secondary N) is 1. The number of nitrogens with two attached hydrogens (primary N) is 1. The van der Waals surface area contributed by atoms with Crippen LogP contribution in [-0.4, -0.2) is 15.2 Å². The molecule has 0 aliphatic rings. The van der Waals surface area contributed by atoms with E-state index in [4.69, 9.17) is 5.73 Å². The zero-order valence-electron chi connectivity index (χ0n) is 9.25. The second-order valence-corrected chi connectivity index (χ2v) is 4.13. The molecule has 4 heteroatoms. The molecule has 1 aromatic heterocycles. The number of H-pyrrole nitrogens is 1. The summed E-state index contributed by atoms with van der Waals surface area (Å²) in [6.07, 6.45) is 2.96. The lowest BCUT2D eigenvalue weighted by atomic mass is 10.0. The van der Waals surface area contributed by atoms with Crippen molar-refractivity contribution in [1.82, 2.24) is 15.2 Å². The van der Waals surface area contributed by atoms with E-state index in [-0.39, 0.29) is 6.04 Å². The molecule has 0 amide bonds. The first-order valence-electron chi connectivity index (χ1n) is 5.30. The maximum atomic E-state index is 5.96. The molecule has 0 radical (unpaired) electrons. The minimum absolute atomic E-state index is 0.0307. The van der Waals surface area contributed by atoms with Crippen LogP contribution in [0.4, 0.5) is 0 Å². The van der Waals surface area contributed by atoms with Crippen molar-refractivity contribution in [2.75, 3.05) is 0 Å². The number of nitrogens with zero attached hydrogens (tertiary/aromatic N) is 2. The number of rotatable bonds is 5. The molecular formula is C10H20N4. The largest absolute Gasteiger partial charge is 0.321 e. The van der Waals surface area contributed by atoms with E-state index in [9.17, 15) is 0 Å². The first kappa shape index (κ1) is 11.2. The highest BCUT2D eigenvalue weighted by atomic mass is 15.2. The van der Waals surface area contributed by atoms with Gasteiger partial charge in [-0.15, -0.1) is 0 Å². The molecule has 0 bridgehead atoms. The second kappa shape index (κ2) is 5.10. The molecule has 1 atom stereocenters. The van der Waals surface area contributed by atoms with Crippen molar-refractivity contribution < 1.29 is 0 Å². The standard InChI is InChI=1S/C10H20N4/c1-4-5-9-12-10(14-13-9)8(11)6-7(2)3/h7-8H,4-6,11H2,1-3H3,(H,12,13,14)/t8-/m1/s1. The van der Waals surface area contributed by atoms with Gasteiger partial charge < -0.3 is 5.73 Å². The quantitative estimate of drug-likeness (QED) is 0.754. The summed E-state index contributed by atoms with van der Waals surface area (Å²) in [6, 6.07) is -0.0307. The Morgan fingerprint density at radius 3 is 2.71 bits per heavy atom. The molecule has 1 heterocycles. The molecule has 3 N–H and O–H groups in total. The average Bonchev–Trinajstić information content (AvgIpc) is 2.52. The molecule has 0 aromatic carbocycles. The highest BCUT2D eigenvalue weighted by Gasteiger charge is 2.13. The summed E-state index contributed by atoms with van der Waals surface area (Å²) in [5.74, 6) is 2.28. The minimum Gasteiger partial charge on any atom is -0.321 e. The summed E-state index contributed by atoms with van der Waals surface area (Å²) < 4.78 is 0. The van der Waals surface area contributed by atoms with Crippen molar-refractivity contribution in [2.24, 2.45) is 11.7 Å². The van der Waals surface area contributed by atoms with E-state index in [0.717, 1.165) is 30.9 Å². The lowest BCUT2D eigenvalue weighted by molar-refractivity contribution is 0.494. The monoisotopic (exact) mass is 196 g/mol. The Kier molecular flexibility index (Phi) is 4.07. The zero-order valence-corrected chi connectivity index (χ0v) is 9.25. The summed E-state index contributed by atoms with van der Waals surface area (Å²) in [5.41, 5.74) is 5.96. The first-order valence-corrected chi connectivity index (χ1v) is 5.30. The third-order valence-electron chi connectivity index (χ3n) is 2.09. The molecule has 14 heavy (non-hydrogen) atoms. The lowest BCUT2D eigenvalue weighted by Gasteiger charge is -2.09. The molecular weight excluding hydrogens is 176 g/mol. The summed E-state index contributed by atoms with van der Waals surface area (Å²) >= 11 is 0. The van der Waals surface area contributed by atoms with E-state index in [1.54, 1.807) is 0 Å². The van der Waals surface area contributed by atoms with Gasteiger partial charge >= 0.3 is 0 Å². The van der Waals surface area contributed by atoms with Crippen molar-refractivity contribution in [2.45, 2.75) is 46.1 Å². The van der Waals surface area contributed by atoms with E-state index in [2.05, 4.69) is 36.0 Å². The average molecular weight is 196 g/mol. The molecule has 0 aliphatic heterocycles. The molecule has 0 aliphatic carbocycles. The van der Waals surface area contributed by atoms with Gasteiger partial charge in [0.25, 0.3) is 0 Å². The number of aromatic nitrogens is 3.